The van der Waals surface area contributed by atoms with E-state index >= 15 is 0 Å². The molecule has 0 saturated carbocycles. The highest BCUT2D eigenvalue weighted by Crippen LogP contribution is 2.29. The van der Waals surface area contributed by atoms with Crippen LogP contribution < -0.4 is 10.1 Å². The van der Waals surface area contributed by atoms with Gasteiger partial charge in [-0.25, -0.2) is 0 Å². The van der Waals surface area contributed by atoms with Crippen LogP contribution >= 0.6 is 0 Å². The van der Waals surface area contributed by atoms with Gasteiger partial charge in [0.2, 0.25) is 5.88 Å². The second kappa shape index (κ2) is 7.79. The molecule has 0 fully saturated rings. The maximum absolute atomic E-state index is 12.2. The van der Waals surface area contributed by atoms with E-state index in [1.54, 1.807) is 6.07 Å². The SMILES string of the molecule is Cc1ccc(-c2cc(C#N)c(NC(=O)COc3cc(C)ccc3C)o2)cc1. The number of nitrogens with one attached hydrogen (secondary N) is 1. The molecule has 1 amide bonds. The van der Waals surface area contributed by atoms with Gasteiger partial charge in [0, 0.05) is 11.6 Å². The summed E-state index contributed by atoms with van der Waals surface area (Å²) in [6.45, 7) is 5.70. The van der Waals surface area contributed by atoms with Crippen LogP contribution in [0.1, 0.15) is 22.3 Å². The molecular weight excluding hydrogens is 340 g/mol. The van der Waals surface area contributed by atoms with Crippen molar-refractivity contribution in [2.24, 2.45) is 0 Å². The summed E-state index contributed by atoms with van der Waals surface area (Å²) in [6.07, 6.45) is 0. The van der Waals surface area contributed by atoms with Crippen molar-refractivity contribution in [2.75, 3.05) is 11.9 Å². The first kappa shape index (κ1) is 18.3. The van der Waals surface area contributed by atoms with E-state index in [0.29, 0.717) is 11.5 Å². The number of carbonyl (C=O) groups excluding carboxylic acids is 1. The van der Waals surface area contributed by atoms with Crippen LogP contribution in [-0.4, -0.2) is 12.5 Å². The summed E-state index contributed by atoms with van der Waals surface area (Å²) >= 11 is 0. The van der Waals surface area contributed by atoms with Gasteiger partial charge in [0.25, 0.3) is 5.91 Å². The van der Waals surface area contributed by atoms with Gasteiger partial charge >= 0.3 is 0 Å². The van der Waals surface area contributed by atoms with E-state index in [9.17, 15) is 10.1 Å². The lowest BCUT2D eigenvalue weighted by Gasteiger charge is -2.09. The van der Waals surface area contributed by atoms with Gasteiger partial charge in [-0.1, -0.05) is 42.0 Å². The molecule has 0 aliphatic carbocycles. The third-order valence-electron chi connectivity index (χ3n) is 4.14. The van der Waals surface area contributed by atoms with Crippen LogP contribution in [0.15, 0.2) is 52.9 Å². The second-order valence-corrected chi connectivity index (χ2v) is 6.44. The van der Waals surface area contributed by atoms with Crippen molar-refractivity contribution in [3.63, 3.8) is 0 Å². The Kier molecular flexibility index (Phi) is 5.28. The van der Waals surface area contributed by atoms with Gasteiger partial charge in [-0.3, -0.25) is 10.1 Å². The van der Waals surface area contributed by atoms with Crippen LogP contribution in [0.3, 0.4) is 0 Å². The van der Waals surface area contributed by atoms with Crippen LogP contribution in [0.2, 0.25) is 0 Å². The van der Waals surface area contributed by atoms with Crippen LogP contribution in [0.25, 0.3) is 11.3 Å². The first-order chi connectivity index (χ1) is 13.0. The minimum Gasteiger partial charge on any atom is -0.483 e. The number of aryl methyl sites for hydroxylation is 3. The first-order valence-corrected chi connectivity index (χ1v) is 8.57. The van der Waals surface area contributed by atoms with Gasteiger partial charge in [-0.05, 0) is 38.0 Å². The number of nitriles is 1. The average molecular weight is 360 g/mol. The Balaban J connectivity index is 1.71. The molecule has 0 aliphatic heterocycles. The van der Waals surface area contributed by atoms with Crippen molar-refractivity contribution in [1.82, 2.24) is 0 Å². The molecule has 1 N–H and O–H groups in total. The molecular formula is C22H20N2O3. The molecule has 0 spiro atoms. The van der Waals surface area contributed by atoms with Crippen molar-refractivity contribution in [3.8, 4) is 23.1 Å². The number of hydrogen-bond donors (Lipinski definition) is 1. The lowest BCUT2D eigenvalue weighted by molar-refractivity contribution is -0.118. The van der Waals surface area contributed by atoms with Gasteiger partial charge < -0.3 is 9.15 Å². The summed E-state index contributed by atoms with van der Waals surface area (Å²) in [5.41, 5.74) is 4.24. The smallest absolute Gasteiger partial charge is 0.264 e. The Morgan fingerprint density at radius 1 is 1.07 bits per heavy atom. The lowest BCUT2D eigenvalue weighted by Crippen LogP contribution is -2.20. The maximum Gasteiger partial charge on any atom is 0.264 e. The minimum atomic E-state index is -0.391. The van der Waals surface area contributed by atoms with Crippen LogP contribution in [0.4, 0.5) is 5.88 Å². The fourth-order valence-electron chi connectivity index (χ4n) is 2.60. The van der Waals surface area contributed by atoms with E-state index in [0.717, 1.165) is 22.3 Å². The van der Waals surface area contributed by atoms with Crippen molar-refractivity contribution in [3.05, 3.63) is 70.8 Å². The minimum absolute atomic E-state index is 0.127. The highest BCUT2D eigenvalue weighted by Gasteiger charge is 2.15. The summed E-state index contributed by atoms with van der Waals surface area (Å²) < 4.78 is 11.3. The average Bonchev–Trinajstić information content (AvgIpc) is 3.05. The monoisotopic (exact) mass is 360 g/mol. The highest BCUT2D eigenvalue weighted by atomic mass is 16.5. The Morgan fingerprint density at radius 2 is 1.78 bits per heavy atom. The topological polar surface area (TPSA) is 75.3 Å². The summed E-state index contributed by atoms with van der Waals surface area (Å²) in [6, 6.07) is 17.2. The first-order valence-electron chi connectivity index (χ1n) is 8.57. The Bertz CT molecular complexity index is 1010. The van der Waals surface area contributed by atoms with Crippen molar-refractivity contribution in [1.29, 1.82) is 5.26 Å². The van der Waals surface area contributed by atoms with E-state index in [2.05, 4.69) is 5.32 Å². The fraction of sp³-hybridized carbons (Fsp3) is 0.182. The van der Waals surface area contributed by atoms with Crippen LogP contribution in [0.5, 0.6) is 5.75 Å². The van der Waals surface area contributed by atoms with Gasteiger partial charge in [-0.2, -0.15) is 5.26 Å². The molecule has 0 radical (unpaired) electrons. The molecule has 5 nitrogen and oxygen atoms in total. The number of anilines is 1. The number of amides is 1. The molecule has 0 aliphatic rings. The Labute approximate surface area is 158 Å². The predicted octanol–water partition coefficient (Wildman–Crippen LogP) is 4.76. The van der Waals surface area contributed by atoms with Gasteiger partial charge in [0.15, 0.2) is 6.61 Å². The van der Waals surface area contributed by atoms with E-state index < -0.39 is 5.91 Å². The molecule has 3 rings (SSSR count). The molecule has 27 heavy (non-hydrogen) atoms. The van der Waals surface area contributed by atoms with Gasteiger partial charge in [0.05, 0.1) is 0 Å². The summed E-state index contributed by atoms with van der Waals surface area (Å²) in [7, 11) is 0. The molecule has 1 aromatic heterocycles. The number of hydrogen-bond acceptors (Lipinski definition) is 4. The van der Waals surface area contributed by atoms with Crippen LogP contribution in [-0.2, 0) is 4.79 Å². The Hall–Kier alpha value is -3.52. The molecule has 5 heteroatoms. The van der Waals surface area contributed by atoms with E-state index in [-0.39, 0.29) is 18.1 Å². The maximum atomic E-state index is 12.2. The molecule has 1 heterocycles. The zero-order valence-corrected chi connectivity index (χ0v) is 15.5. The molecule has 0 bridgehead atoms. The lowest BCUT2D eigenvalue weighted by atomic mass is 10.1. The molecule has 0 unspecified atom stereocenters. The van der Waals surface area contributed by atoms with Crippen LogP contribution in [0, 0.1) is 32.1 Å². The number of benzene rings is 2. The third kappa shape index (κ3) is 4.36. The van der Waals surface area contributed by atoms with Gasteiger partial charge in [-0.15, -0.1) is 0 Å². The largest absolute Gasteiger partial charge is 0.483 e. The summed E-state index contributed by atoms with van der Waals surface area (Å²) in [5.74, 6) is 0.919. The number of carbonyl (C=O) groups is 1. The summed E-state index contributed by atoms with van der Waals surface area (Å²) in [4.78, 5) is 12.2. The van der Waals surface area contributed by atoms with Crippen molar-refractivity contribution in [2.45, 2.75) is 20.8 Å². The third-order valence-corrected chi connectivity index (χ3v) is 4.14. The van der Waals surface area contributed by atoms with Crippen molar-refractivity contribution >= 4 is 11.8 Å². The molecule has 0 saturated heterocycles. The molecule has 3 aromatic rings. The highest BCUT2D eigenvalue weighted by molar-refractivity contribution is 5.92. The molecule has 0 atom stereocenters. The number of furan rings is 1. The number of nitrogens with zero attached hydrogens (tertiary/aromatic N) is 1. The fourth-order valence-corrected chi connectivity index (χ4v) is 2.60. The Morgan fingerprint density at radius 3 is 2.48 bits per heavy atom. The quantitative estimate of drug-likeness (QED) is 0.712. The predicted molar refractivity (Wildman–Crippen MR) is 104 cm³/mol. The van der Waals surface area contributed by atoms with E-state index in [1.165, 1.54) is 0 Å². The zero-order chi connectivity index (χ0) is 19.4. The number of rotatable bonds is 5. The molecule has 136 valence electrons. The summed E-state index contributed by atoms with van der Waals surface area (Å²) in [5, 5.41) is 11.9. The van der Waals surface area contributed by atoms with E-state index in [1.807, 2.05) is 69.3 Å². The number of ether oxygens (including phenoxy) is 1. The zero-order valence-electron chi connectivity index (χ0n) is 15.5. The molecule has 2 aromatic carbocycles. The van der Waals surface area contributed by atoms with Crippen molar-refractivity contribution < 1.29 is 13.9 Å². The standard InChI is InChI=1S/C22H20N2O3/c1-14-5-8-17(9-6-14)20-11-18(12-23)22(27-20)24-21(25)13-26-19-10-15(2)4-7-16(19)3/h4-11H,13H2,1-3H3,(H,24,25). The normalized spacial score (nSPS) is 10.3. The van der Waals surface area contributed by atoms with Gasteiger partial charge in [0.1, 0.15) is 23.1 Å². The second-order valence-electron chi connectivity index (χ2n) is 6.44. The van der Waals surface area contributed by atoms with E-state index in [4.69, 9.17) is 9.15 Å².